The Bertz CT molecular complexity index is 369. The summed E-state index contributed by atoms with van der Waals surface area (Å²) in [5, 5.41) is 3.16. The molecular formula is C15H23F2NO2. The molecule has 114 valence electrons. The molecule has 0 saturated heterocycles. The van der Waals surface area contributed by atoms with Crippen molar-refractivity contribution in [1.29, 1.82) is 0 Å². The van der Waals surface area contributed by atoms with Crippen molar-refractivity contribution in [3.63, 3.8) is 0 Å². The Hall–Kier alpha value is -1.20. The molecule has 0 amide bonds. The second-order valence-electron chi connectivity index (χ2n) is 4.83. The summed E-state index contributed by atoms with van der Waals surface area (Å²) in [6, 6.07) is 7.87. The van der Waals surface area contributed by atoms with Crippen molar-refractivity contribution in [1.82, 2.24) is 5.32 Å². The first kappa shape index (κ1) is 16.9. The summed E-state index contributed by atoms with van der Waals surface area (Å²) in [6.45, 7) is 3.76. The fraction of sp³-hybridized carbons (Fsp3) is 0.600. The van der Waals surface area contributed by atoms with Gasteiger partial charge in [0.15, 0.2) is 0 Å². The van der Waals surface area contributed by atoms with E-state index in [1.54, 1.807) is 0 Å². The topological polar surface area (TPSA) is 30.5 Å². The maximum Gasteiger partial charge on any atom is 0.261 e. The van der Waals surface area contributed by atoms with Gasteiger partial charge in [0.25, 0.3) is 6.43 Å². The van der Waals surface area contributed by atoms with E-state index in [0.29, 0.717) is 13.0 Å². The fourth-order valence-corrected chi connectivity index (χ4v) is 1.90. The van der Waals surface area contributed by atoms with Crippen LogP contribution in [0.2, 0.25) is 0 Å². The number of rotatable bonds is 9. The molecule has 3 nitrogen and oxygen atoms in total. The number of hydrogen-bond acceptors (Lipinski definition) is 3. The zero-order valence-electron chi connectivity index (χ0n) is 12.2. The lowest BCUT2D eigenvalue weighted by Gasteiger charge is -2.17. The molecule has 0 saturated carbocycles. The Morgan fingerprint density at radius 2 is 1.80 bits per heavy atom. The van der Waals surface area contributed by atoms with Gasteiger partial charge in [0.2, 0.25) is 0 Å². The van der Waals surface area contributed by atoms with Gasteiger partial charge in [-0.3, -0.25) is 0 Å². The maximum absolute atomic E-state index is 12.0. The highest BCUT2D eigenvalue weighted by molar-refractivity contribution is 5.29. The van der Waals surface area contributed by atoms with E-state index in [9.17, 15) is 8.78 Å². The van der Waals surface area contributed by atoms with Gasteiger partial charge >= 0.3 is 0 Å². The minimum Gasteiger partial charge on any atom is -0.491 e. The second-order valence-corrected chi connectivity index (χ2v) is 4.83. The van der Waals surface area contributed by atoms with E-state index < -0.39 is 13.0 Å². The van der Waals surface area contributed by atoms with Gasteiger partial charge in [0.1, 0.15) is 12.4 Å². The van der Waals surface area contributed by atoms with E-state index >= 15 is 0 Å². The molecule has 1 aromatic rings. The van der Waals surface area contributed by atoms with Crippen LogP contribution in [0.25, 0.3) is 0 Å². The van der Waals surface area contributed by atoms with Crippen LogP contribution in [0.4, 0.5) is 8.78 Å². The molecule has 1 atom stereocenters. The average molecular weight is 287 g/mol. The lowest BCUT2D eigenvalue weighted by molar-refractivity contribution is 0.0145. The number of hydrogen-bond donors (Lipinski definition) is 1. The van der Waals surface area contributed by atoms with E-state index in [0.717, 1.165) is 11.3 Å². The molecule has 0 bridgehead atoms. The van der Waals surface area contributed by atoms with E-state index in [1.807, 2.05) is 45.2 Å². The van der Waals surface area contributed by atoms with Crippen LogP contribution >= 0.6 is 0 Å². The molecule has 0 fully saturated rings. The summed E-state index contributed by atoms with van der Waals surface area (Å²) in [7, 11) is 1.84. The standard InChI is InChI=1S/C15H23F2NO2/c1-11(2)20-13-6-4-12(5-7-13)14(18-3)8-9-19-10-15(16)17/h4-7,11,14-15,18H,8-10H2,1-3H3. The Morgan fingerprint density at radius 1 is 1.15 bits per heavy atom. The highest BCUT2D eigenvalue weighted by Gasteiger charge is 2.10. The molecule has 1 aromatic carbocycles. The molecule has 1 unspecified atom stereocenters. The smallest absolute Gasteiger partial charge is 0.261 e. The molecular weight excluding hydrogens is 264 g/mol. The Kier molecular flexibility index (Phi) is 7.47. The van der Waals surface area contributed by atoms with Crippen molar-refractivity contribution in [2.24, 2.45) is 0 Å². The maximum atomic E-state index is 12.0. The largest absolute Gasteiger partial charge is 0.491 e. The molecule has 1 N–H and O–H groups in total. The van der Waals surface area contributed by atoms with Crippen LogP contribution < -0.4 is 10.1 Å². The molecule has 0 heterocycles. The summed E-state index contributed by atoms with van der Waals surface area (Å²) in [6.07, 6.45) is -1.62. The number of halogens is 2. The first-order chi connectivity index (χ1) is 9.52. The first-order valence-corrected chi connectivity index (χ1v) is 6.82. The minimum absolute atomic E-state index is 0.0840. The zero-order chi connectivity index (χ0) is 15.0. The molecule has 0 radical (unpaired) electrons. The first-order valence-electron chi connectivity index (χ1n) is 6.82. The number of alkyl halides is 2. The van der Waals surface area contributed by atoms with Crippen molar-refractivity contribution in [3.8, 4) is 5.75 Å². The zero-order valence-corrected chi connectivity index (χ0v) is 12.2. The number of nitrogens with one attached hydrogen (secondary N) is 1. The van der Waals surface area contributed by atoms with Gasteiger partial charge in [-0.25, -0.2) is 8.78 Å². The molecule has 20 heavy (non-hydrogen) atoms. The van der Waals surface area contributed by atoms with Crippen LogP contribution in [0.15, 0.2) is 24.3 Å². The third kappa shape index (κ3) is 6.30. The van der Waals surface area contributed by atoms with Gasteiger partial charge in [-0.2, -0.15) is 0 Å². The summed E-state index contributed by atoms with van der Waals surface area (Å²) < 4.78 is 34.4. The van der Waals surface area contributed by atoms with E-state index in [2.05, 4.69) is 5.32 Å². The van der Waals surface area contributed by atoms with Gasteiger partial charge in [-0.05, 0) is 45.0 Å². The van der Waals surface area contributed by atoms with E-state index in [-0.39, 0.29) is 12.1 Å². The Balaban J connectivity index is 2.48. The van der Waals surface area contributed by atoms with Crippen LogP contribution in [0.1, 0.15) is 31.9 Å². The summed E-state index contributed by atoms with van der Waals surface area (Å²) >= 11 is 0. The second kappa shape index (κ2) is 8.87. The SMILES string of the molecule is CNC(CCOCC(F)F)c1ccc(OC(C)C)cc1. The fourth-order valence-electron chi connectivity index (χ4n) is 1.90. The molecule has 0 spiro atoms. The predicted octanol–water partition coefficient (Wildman–Crippen LogP) is 3.41. The molecule has 0 aliphatic carbocycles. The average Bonchev–Trinajstić information content (AvgIpc) is 2.39. The highest BCUT2D eigenvalue weighted by atomic mass is 19.3. The van der Waals surface area contributed by atoms with Gasteiger partial charge in [0.05, 0.1) is 6.10 Å². The van der Waals surface area contributed by atoms with E-state index in [1.165, 1.54) is 0 Å². The van der Waals surface area contributed by atoms with Gasteiger partial charge in [-0.15, -0.1) is 0 Å². The van der Waals surface area contributed by atoms with Crippen LogP contribution in [0, 0.1) is 0 Å². The molecule has 0 aromatic heterocycles. The molecule has 5 heteroatoms. The summed E-state index contributed by atoms with van der Waals surface area (Å²) in [5.74, 6) is 0.826. The Labute approximate surface area is 119 Å². The highest BCUT2D eigenvalue weighted by Crippen LogP contribution is 2.21. The van der Waals surface area contributed by atoms with E-state index in [4.69, 9.17) is 9.47 Å². The predicted molar refractivity (Wildman–Crippen MR) is 75.4 cm³/mol. The molecule has 1 rings (SSSR count). The van der Waals surface area contributed by atoms with Crippen molar-refractivity contribution in [3.05, 3.63) is 29.8 Å². The quantitative estimate of drug-likeness (QED) is 0.706. The monoisotopic (exact) mass is 287 g/mol. The lowest BCUT2D eigenvalue weighted by atomic mass is 10.0. The van der Waals surface area contributed by atoms with Gasteiger partial charge in [-0.1, -0.05) is 12.1 Å². The Morgan fingerprint density at radius 3 is 2.30 bits per heavy atom. The van der Waals surface area contributed by atoms with Crippen molar-refractivity contribution in [2.75, 3.05) is 20.3 Å². The van der Waals surface area contributed by atoms with Crippen LogP contribution in [0.3, 0.4) is 0 Å². The van der Waals surface area contributed by atoms with Crippen LogP contribution in [0.5, 0.6) is 5.75 Å². The van der Waals surface area contributed by atoms with Crippen molar-refractivity contribution < 1.29 is 18.3 Å². The molecule has 0 aliphatic heterocycles. The van der Waals surface area contributed by atoms with Crippen molar-refractivity contribution >= 4 is 0 Å². The van der Waals surface area contributed by atoms with Gasteiger partial charge < -0.3 is 14.8 Å². The number of benzene rings is 1. The lowest BCUT2D eigenvalue weighted by Crippen LogP contribution is -2.19. The third-order valence-electron chi connectivity index (χ3n) is 2.80. The van der Waals surface area contributed by atoms with Crippen LogP contribution in [-0.2, 0) is 4.74 Å². The van der Waals surface area contributed by atoms with Crippen molar-refractivity contribution in [2.45, 2.75) is 38.8 Å². The number of ether oxygens (including phenoxy) is 2. The summed E-state index contributed by atoms with van der Waals surface area (Å²) in [5.41, 5.74) is 1.09. The third-order valence-corrected chi connectivity index (χ3v) is 2.80. The normalized spacial score (nSPS) is 12.9. The summed E-state index contributed by atoms with van der Waals surface area (Å²) in [4.78, 5) is 0. The molecule has 0 aliphatic rings. The van der Waals surface area contributed by atoms with Gasteiger partial charge in [0, 0.05) is 12.6 Å². The minimum atomic E-state index is -2.41. The van der Waals surface area contributed by atoms with Crippen LogP contribution in [-0.4, -0.2) is 32.8 Å².